The summed E-state index contributed by atoms with van der Waals surface area (Å²) < 4.78 is 21.0. The number of aryl methyl sites for hydroxylation is 1. The van der Waals surface area contributed by atoms with Crippen LogP contribution in [0.1, 0.15) is 28.7 Å². The number of halogens is 1. The largest absolute Gasteiger partial charge is 0.469 e. The van der Waals surface area contributed by atoms with Crippen LogP contribution in [0.4, 0.5) is 4.39 Å². The first-order valence-electron chi connectivity index (χ1n) is 8.38. The Hall–Kier alpha value is -3.69. The topological polar surface area (TPSA) is 104 Å². The number of fused-ring (bicyclic) bond motifs is 3. The molecular weight excluding hydrogens is 367 g/mol. The fraction of sp³-hybridized carbons (Fsp3) is 0.222. The van der Waals surface area contributed by atoms with Crippen LogP contribution < -0.4 is 0 Å². The number of ketones is 1. The predicted molar refractivity (Wildman–Crippen MR) is 95.8 cm³/mol. The predicted octanol–water partition coefficient (Wildman–Crippen LogP) is 1.83. The Labute approximate surface area is 157 Å². The molecule has 0 aliphatic rings. The Morgan fingerprint density at radius 2 is 1.86 bits per heavy atom. The van der Waals surface area contributed by atoms with Crippen molar-refractivity contribution in [3.8, 4) is 5.69 Å². The van der Waals surface area contributed by atoms with Crippen LogP contribution in [0.3, 0.4) is 0 Å². The molecule has 0 radical (unpaired) electrons. The number of carbonyl (C=O) groups excluding carboxylic acids is 2. The van der Waals surface area contributed by atoms with Gasteiger partial charge in [-0.3, -0.25) is 9.59 Å². The number of carbonyl (C=O) groups is 2. The molecule has 1 aromatic carbocycles. The van der Waals surface area contributed by atoms with Crippen molar-refractivity contribution in [3.63, 3.8) is 0 Å². The normalized spacial score (nSPS) is 11.3. The van der Waals surface area contributed by atoms with E-state index in [1.807, 2.05) is 0 Å². The number of methoxy groups -OCH3 is 1. The van der Waals surface area contributed by atoms with Crippen LogP contribution in [0.25, 0.3) is 22.5 Å². The van der Waals surface area contributed by atoms with E-state index in [0.29, 0.717) is 33.8 Å². The molecule has 0 amide bonds. The molecule has 9 nitrogen and oxygen atoms in total. The van der Waals surface area contributed by atoms with Gasteiger partial charge in [-0.15, -0.1) is 10.2 Å². The number of hydrogen-bond acceptors (Lipinski definition) is 7. The van der Waals surface area contributed by atoms with Gasteiger partial charge in [0.05, 0.1) is 30.5 Å². The molecule has 0 aliphatic heterocycles. The fourth-order valence-electron chi connectivity index (χ4n) is 3.09. The van der Waals surface area contributed by atoms with Crippen molar-refractivity contribution in [2.75, 3.05) is 7.11 Å². The number of esters is 1. The highest BCUT2D eigenvalue weighted by molar-refractivity contribution is 6.01. The summed E-state index contributed by atoms with van der Waals surface area (Å²) in [5.74, 6) is -1.08. The van der Waals surface area contributed by atoms with Crippen molar-refractivity contribution >= 4 is 28.6 Å². The third-order valence-corrected chi connectivity index (χ3v) is 4.35. The van der Waals surface area contributed by atoms with Crippen molar-refractivity contribution in [2.45, 2.75) is 20.3 Å². The maximum atomic E-state index is 13.4. The van der Waals surface area contributed by atoms with Crippen LogP contribution in [0, 0.1) is 12.7 Å². The van der Waals surface area contributed by atoms with Gasteiger partial charge in [-0.05, 0) is 38.1 Å². The minimum atomic E-state index is -0.492. The monoisotopic (exact) mass is 382 g/mol. The maximum absolute atomic E-state index is 13.4. The Balaban J connectivity index is 2.08. The highest BCUT2D eigenvalue weighted by Gasteiger charge is 2.24. The van der Waals surface area contributed by atoms with Gasteiger partial charge in [0.2, 0.25) is 0 Å². The molecule has 4 rings (SSSR count). The van der Waals surface area contributed by atoms with E-state index < -0.39 is 11.8 Å². The van der Waals surface area contributed by atoms with Crippen molar-refractivity contribution in [1.29, 1.82) is 0 Å². The summed E-state index contributed by atoms with van der Waals surface area (Å²) in [7, 11) is 1.28. The molecular formula is C18H15FN6O3. The first-order chi connectivity index (χ1) is 13.4. The molecule has 0 N–H and O–H groups in total. The summed E-state index contributed by atoms with van der Waals surface area (Å²) in [4.78, 5) is 23.8. The van der Waals surface area contributed by atoms with Gasteiger partial charge in [-0.1, -0.05) is 0 Å². The van der Waals surface area contributed by atoms with Crippen LogP contribution in [0.5, 0.6) is 0 Å². The second kappa shape index (κ2) is 6.48. The summed E-state index contributed by atoms with van der Waals surface area (Å²) in [6.07, 6.45) is -0.124. The lowest BCUT2D eigenvalue weighted by molar-refractivity contribution is -0.139. The molecule has 0 spiro atoms. The fourth-order valence-corrected chi connectivity index (χ4v) is 3.09. The molecule has 4 aromatic rings. The number of hydrogen-bond donors (Lipinski definition) is 0. The van der Waals surface area contributed by atoms with Gasteiger partial charge in [-0.2, -0.15) is 14.7 Å². The van der Waals surface area contributed by atoms with Crippen molar-refractivity contribution < 1.29 is 18.7 Å². The third-order valence-electron chi connectivity index (χ3n) is 4.35. The van der Waals surface area contributed by atoms with E-state index in [2.05, 4.69) is 20.4 Å². The minimum absolute atomic E-state index is 0.124. The van der Waals surface area contributed by atoms with Gasteiger partial charge >= 0.3 is 5.97 Å². The zero-order valence-corrected chi connectivity index (χ0v) is 15.3. The van der Waals surface area contributed by atoms with Crippen molar-refractivity contribution in [2.24, 2.45) is 0 Å². The van der Waals surface area contributed by atoms with Gasteiger partial charge in [0.25, 0.3) is 0 Å². The van der Waals surface area contributed by atoms with Crippen LogP contribution in [0.2, 0.25) is 0 Å². The lowest BCUT2D eigenvalue weighted by Crippen LogP contribution is -2.06. The molecule has 0 atom stereocenters. The zero-order chi connectivity index (χ0) is 20.0. The van der Waals surface area contributed by atoms with E-state index in [0.717, 1.165) is 0 Å². The summed E-state index contributed by atoms with van der Waals surface area (Å²) >= 11 is 0. The molecule has 3 heterocycles. The third kappa shape index (κ3) is 2.70. The van der Waals surface area contributed by atoms with E-state index in [4.69, 9.17) is 4.74 Å². The maximum Gasteiger partial charge on any atom is 0.311 e. The number of ether oxygens (including phenoxy) is 1. The van der Waals surface area contributed by atoms with Crippen LogP contribution >= 0.6 is 0 Å². The highest BCUT2D eigenvalue weighted by atomic mass is 19.1. The standard InChI is InChI=1S/C18H15FN6O3/c1-9-15(10(2)26)17-21-20-16-13(8-14(27)28-3)23-24(18(16)25(17)22-9)12-6-4-11(19)5-7-12/h4-7H,8H2,1-3H3. The van der Waals surface area contributed by atoms with E-state index in [9.17, 15) is 14.0 Å². The Bertz CT molecular complexity index is 1240. The number of benzene rings is 1. The second-order valence-corrected chi connectivity index (χ2v) is 6.21. The SMILES string of the molecule is COC(=O)Cc1nn(-c2ccc(F)cc2)c2c1nnc1c(C(C)=O)c(C)nn12. The minimum Gasteiger partial charge on any atom is -0.469 e. The Kier molecular flexibility index (Phi) is 4.10. The van der Waals surface area contributed by atoms with Gasteiger partial charge in [-0.25, -0.2) is 9.07 Å². The lowest BCUT2D eigenvalue weighted by Gasteiger charge is -2.04. The molecule has 3 aromatic heterocycles. The van der Waals surface area contributed by atoms with Gasteiger partial charge in [0.15, 0.2) is 22.6 Å². The van der Waals surface area contributed by atoms with E-state index in [-0.39, 0.29) is 17.9 Å². The average Bonchev–Trinajstić information content (AvgIpc) is 3.19. The van der Waals surface area contributed by atoms with Crippen LogP contribution in [-0.4, -0.2) is 48.5 Å². The first-order valence-corrected chi connectivity index (χ1v) is 8.38. The second-order valence-electron chi connectivity index (χ2n) is 6.21. The summed E-state index contributed by atoms with van der Waals surface area (Å²) in [6.45, 7) is 3.13. The van der Waals surface area contributed by atoms with Crippen molar-refractivity contribution in [1.82, 2.24) is 29.6 Å². The lowest BCUT2D eigenvalue weighted by atomic mass is 10.2. The van der Waals surface area contributed by atoms with E-state index >= 15 is 0 Å². The summed E-state index contributed by atoms with van der Waals surface area (Å²) in [5, 5.41) is 17.2. The average molecular weight is 382 g/mol. The van der Waals surface area contributed by atoms with Crippen LogP contribution in [0.15, 0.2) is 24.3 Å². The number of Topliss-reactive ketones (excluding diaryl/α,β-unsaturated/α-hetero) is 1. The molecule has 28 heavy (non-hydrogen) atoms. The number of nitrogens with zero attached hydrogens (tertiary/aromatic N) is 6. The first kappa shape index (κ1) is 17.7. The smallest absolute Gasteiger partial charge is 0.311 e. The molecule has 10 heteroatoms. The molecule has 0 fully saturated rings. The Morgan fingerprint density at radius 3 is 2.50 bits per heavy atom. The number of aromatic nitrogens is 6. The highest BCUT2D eigenvalue weighted by Crippen LogP contribution is 2.24. The Morgan fingerprint density at radius 1 is 1.14 bits per heavy atom. The molecule has 0 bridgehead atoms. The summed E-state index contributed by atoms with van der Waals surface area (Å²) in [5.41, 5.74) is 2.75. The van der Waals surface area contributed by atoms with Gasteiger partial charge in [0, 0.05) is 0 Å². The van der Waals surface area contributed by atoms with E-state index in [1.165, 1.54) is 47.5 Å². The summed E-state index contributed by atoms with van der Waals surface area (Å²) in [6, 6.07) is 5.67. The van der Waals surface area contributed by atoms with Gasteiger partial charge in [0.1, 0.15) is 11.5 Å². The van der Waals surface area contributed by atoms with Gasteiger partial charge < -0.3 is 4.74 Å². The van der Waals surface area contributed by atoms with E-state index in [1.54, 1.807) is 6.92 Å². The quantitative estimate of drug-likeness (QED) is 0.392. The molecule has 0 saturated heterocycles. The van der Waals surface area contributed by atoms with Crippen molar-refractivity contribution in [3.05, 3.63) is 47.0 Å². The molecule has 0 unspecified atom stereocenters. The van der Waals surface area contributed by atoms with Crippen LogP contribution in [-0.2, 0) is 16.0 Å². The zero-order valence-electron chi connectivity index (χ0n) is 15.3. The number of rotatable bonds is 4. The molecule has 0 aliphatic carbocycles. The molecule has 0 saturated carbocycles. The molecule has 142 valence electrons.